The Kier molecular flexibility index (Phi) is 18.0. The molecule has 2 atom stereocenters. The maximum Gasteiger partial charge on any atom is 0.267 e. The molecule has 0 saturated carbocycles. The zero-order valence-corrected chi connectivity index (χ0v) is 16.0. The van der Waals surface area contributed by atoms with Crippen molar-refractivity contribution >= 4 is 37.1 Å². The Morgan fingerprint density at radius 3 is 1.95 bits per heavy atom. The van der Waals surface area contributed by atoms with Crippen molar-refractivity contribution < 1.29 is 39.9 Å². The largest absolute Gasteiger partial charge is 0.521 e. The molecule has 1 rings (SSSR count). The molecular formula is C10H14IrN2O6P2-2. The Bertz CT molecular complexity index is 512. The van der Waals surface area contributed by atoms with E-state index in [1.165, 1.54) is 6.08 Å². The van der Waals surface area contributed by atoms with Crippen molar-refractivity contribution in [2.24, 2.45) is 0 Å². The first-order valence-corrected chi connectivity index (χ1v) is 4.33. The van der Waals surface area contributed by atoms with Gasteiger partial charge in [0.2, 0.25) is 5.97 Å². The van der Waals surface area contributed by atoms with E-state index >= 15 is 0 Å². The van der Waals surface area contributed by atoms with Crippen molar-refractivity contribution in [1.29, 1.82) is 0 Å². The van der Waals surface area contributed by atoms with Gasteiger partial charge in [0.15, 0.2) is 0 Å². The van der Waals surface area contributed by atoms with Crippen molar-refractivity contribution in [3.8, 4) is 0 Å². The van der Waals surface area contributed by atoms with E-state index < -0.39 is 32.8 Å². The van der Waals surface area contributed by atoms with Crippen molar-refractivity contribution in [2.45, 2.75) is 0 Å². The Morgan fingerprint density at radius 1 is 1.29 bits per heavy atom. The second-order valence-electron chi connectivity index (χ2n) is 2.73. The van der Waals surface area contributed by atoms with E-state index in [0.717, 1.165) is 0 Å². The van der Waals surface area contributed by atoms with Gasteiger partial charge in [0.1, 0.15) is 0 Å². The Hall–Kier alpha value is -1.39. The van der Waals surface area contributed by atoms with Crippen molar-refractivity contribution in [1.82, 2.24) is 0 Å². The first-order chi connectivity index (χ1) is 8.34. The molecule has 1 aromatic carbocycles. The SMILES string of the molecule is C=C[CH2-].O=C(O)c1[c-]cc([N+](=O)[O-])c([N+](=O)[O-])c1.P.P.[Ir]. The number of nitro groups is 2. The standard InChI is InChI=1S/C7H3N2O6.C3H5.Ir.2H3P/c10-7(11)4-1-2-5(8(12)13)6(3-4)9(14)15;1-3-2;;;/h2-3H,(H,10,11);3H,1-2H2;;2*1H3/q2*-1;;;. The minimum atomic E-state index is -1.44. The summed E-state index contributed by atoms with van der Waals surface area (Å²) in [5, 5.41) is 29.2. The molecule has 0 aliphatic carbocycles. The van der Waals surface area contributed by atoms with E-state index in [-0.39, 0.29) is 39.9 Å². The summed E-state index contributed by atoms with van der Waals surface area (Å²) in [4.78, 5) is 29.2. The van der Waals surface area contributed by atoms with Crippen LogP contribution in [0.4, 0.5) is 11.4 Å². The molecule has 0 aromatic heterocycles. The van der Waals surface area contributed by atoms with Crippen LogP contribution < -0.4 is 0 Å². The zero-order valence-electron chi connectivity index (χ0n) is 10.8. The van der Waals surface area contributed by atoms with Gasteiger partial charge in [-0.05, 0) is 0 Å². The van der Waals surface area contributed by atoms with Crippen LogP contribution in [0.5, 0.6) is 0 Å². The monoisotopic (exact) mass is 513 g/mol. The molecule has 0 aliphatic heterocycles. The first-order valence-electron chi connectivity index (χ1n) is 4.33. The Morgan fingerprint density at radius 2 is 1.67 bits per heavy atom. The normalized spacial score (nSPS) is 7.43. The van der Waals surface area contributed by atoms with Crippen LogP contribution in [0.15, 0.2) is 24.8 Å². The molecule has 1 aromatic rings. The van der Waals surface area contributed by atoms with Crippen molar-refractivity contribution in [2.75, 3.05) is 0 Å². The fraction of sp³-hybridized carbons (Fsp3) is 0. The molecule has 0 amide bonds. The van der Waals surface area contributed by atoms with Gasteiger partial charge in [0.05, 0.1) is 0 Å². The maximum atomic E-state index is 10.4. The molecule has 0 spiro atoms. The molecule has 1 N–H and O–H groups in total. The molecule has 1 radical (unpaired) electrons. The zero-order chi connectivity index (χ0) is 14.3. The number of carboxylic acids is 1. The number of benzene rings is 1. The summed E-state index contributed by atoms with van der Waals surface area (Å²) in [6.45, 7) is 6.50. The summed E-state index contributed by atoms with van der Waals surface area (Å²) in [6, 6.07) is 3.33. The molecule has 0 aliphatic rings. The summed E-state index contributed by atoms with van der Waals surface area (Å²) < 4.78 is 0. The van der Waals surface area contributed by atoms with Crippen LogP contribution in [0.1, 0.15) is 10.4 Å². The van der Waals surface area contributed by atoms with Gasteiger partial charge >= 0.3 is 0 Å². The molecule has 8 nitrogen and oxygen atoms in total. The van der Waals surface area contributed by atoms with Crippen molar-refractivity contribution in [3.05, 3.63) is 63.6 Å². The molecule has 21 heavy (non-hydrogen) atoms. The number of aromatic carboxylic acids is 1. The van der Waals surface area contributed by atoms with E-state index in [0.29, 0.717) is 12.1 Å². The predicted molar refractivity (Wildman–Crippen MR) is 83.3 cm³/mol. The van der Waals surface area contributed by atoms with Gasteiger partial charge in [-0.3, -0.25) is 20.2 Å². The van der Waals surface area contributed by atoms with Crippen LogP contribution in [0, 0.1) is 33.2 Å². The molecule has 2 unspecified atom stereocenters. The van der Waals surface area contributed by atoms with E-state index in [4.69, 9.17) is 5.11 Å². The van der Waals surface area contributed by atoms with Gasteiger partial charge < -0.3 is 9.90 Å². The van der Waals surface area contributed by atoms with Gasteiger partial charge in [-0.25, -0.2) is 19.6 Å². The molecule has 11 heteroatoms. The van der Waals surface area contributed by atoms with Gasteiger partial charge in [-0.2, -0.15) is 19.8 Å². The summed E-state index contributed by atoms with van der Waals surface area (Å²) in [5.74, 6) is -1.44. The van der Waals surface area contributed by atoms with Crippen LogP contribution >= 0.6 is 19.8 Å². The first kappa shape index (κ1) is 27.9. The van der Waals surface area contributed by atoms with Crippen molar-refractivity contribution in [3.63, 3.8) is 0 Å². The number of carbonyl (C=O) groups is 1. The third-order valence-electron chi connectivity index (χ3n) is 1.53. The topological polar surface area (TPSA) is 124 Å². The molecular weight excluding hydrogens is 498 g/mol. The van der Waals surface area contributed by atoms with Crippen LogP contribution in [-0.4, -0.2) is 20.9 Å². The number of nitrogens with zero attached hydrogens (tertiary/aromatic N) is 2. The number of carboxylic acid groups (broad SMARTS) is 1. The summed E-state index contributed by atoms with van der Waals surface area (Å²) >= 11 is 0. The van der Waals surface area contributed by atoms with Gasteiger partial charge in [0.25, 0.3) is 11.4 Å². The Labute approximate surface area is 140 Å². The summed E-state index contributed by atoms with van der Waals surface area (Å²) in [7, 11) is 0. The van der Waals surface area contributed by atoms with Crippen LogP contribution in [0.25, 0.3) is 0 Å². The number of hydrogen-bond acceptors (Lipinski definition) is 5. The van der Waals surface area contributed by atoms with Gasteiger partial charge in [-0.15, -0.1) is 6.07 Å². The summed E-state index contributed by atoms with van der Waals surface area (Å²) in [6.07, 6.45) is 1.50. The third-order valence-corrected chi connectivity index (χ3v) is 1.53. The van der Waals surface area contributed by atoms with Gasteiger partial charge in [-0.1, -0.05) is 17.7 Å². The average molecular weight is 512 g/mol. The molecule has 0 fully saturated rings. The number of hydrogen-bond donors (Lipinski definition) is 1. The average Bonchev–Trinajstić information content (AvgIpc) is 2.28. The molecule has 0 saturated heterocycles. The van der Waals surface area contributed by atoms with Crippen LogP contribution in [0.2, 0.25) is 0 Å². The second-order valence-corrected chi connectivity index (χ2v) is 2.73. The second kappa shape index (κ2) is 13.6. The van der Waals surface area contributed by atoms with E-state index in [1.54, 1.807) is 0 Å². The fourth-order valence-corrected chi connectivity index (χ4v) is 0.888. The van der Waals surface area contributed by atoms with Gasteiger partial charge in [0, 0.05) is 30.0 Å². The number of nitro benzene ring substituents is 2. The third kappa shape index (κ3) is 9.21. The minimum Gasteiger partial charge on any atom is -0.521 e. The number of allylic oxidation sites excluding steroid dienone is 1. The fourth-order valence-electron chi connectivity index (χ4n) is 0.888. The number of rotatable bonds is 3. The quantitative estimate of drug-likeness (QED) is 0.287. The van der Waals surface area contributed by atoms with Crippen LogP contribution in [-0.2, 0) is 20.1 Å². The van der Waals surface area contributed by atoms with E-state index in [2.05, 4.69) is 19.6 Å². The minimum absolute atomic E-state index is 0. The smallest absolute Gasteiger partial charge is 0.267 e. The summed E-state index contributed by atoms with van der Waals surface area (Å²) in [5.41, 5.74) is -2.14. The Balaban J connectivity index is -0.000000222. The van der Waals surface area contributed by atoms with E-state index in [1.807, 2.05) is 0 Å². The molecule has 0 heterocycles. The molecule has 0 bridgehead atoms. The predicted octanol–water partition coefficient (Wildman–Crippen LogP) is 2.12. The van der Waals surface area contributed by atoms with E-state index in [9.17, 15) is 25.0 Å². The molecule has 121 valence electrons. The van der Waals surface area contributed by atoms with Crippen LogP contribution in [0.3, 0.4) is 0 Å². The maximum absolute atomic E-state index is 10.4.